The smallest absolute Gasteiger partial charge is 0.254 e. The van der Waals surface area contributed by atoms with E-state index in [2.05, 4.69) is 20.9 Å². The molecule has 2 fully saturated rings. The van der Waals surface area contributed by atoms with Crippen LogP contribution in [0.1, 0.15) is 60.4 Å². The minimum atomic E-state index is -0.0808. The first kappa shape index (κ1) is 17.7. The lowest BCUT2D eigenvalue weighted by Gasteiger charge is -2.23. The molecule has 4 N–H and O–H groups in total. The van der Waals surface area contributed by atoms with Crippen molar-refractivity contribution >= 4 is 34.0 Å². The van der Waals surface area contributed by atoms with Crippen molar-refractivity contribution in [2.24, 2.45) is 11.8 Å². The quantitative estimate of drug-likeness (QED) is 0.686. The Bertz CT molecular complexity index is 933. The molecule has 3 aliphatic carbocycles. The third kappa shape index (κ3) is 3.39. The fourth-order valence-corrected chi connectivity index (χ4v) is 5.09. The van der Waals surface area contributed by atoms with Crippen LogP contribution in [0.25, 0.3) is 0 Å². The normalized spacial score (nSPS) is 21.2. The average Bonchev–Trinajstić information content (AvgIpc) is 3.60. The lowest BCUT2D eigenvalue weighted by molar-refractivity contribution is -0.117. The number of fused-ring (bicyclic) bond motifs is 1. The molecule has 0 aliphatic heterocycles. The molecule has 3 aliphatic rings. The van der Waals surface area contributed by atoms with Crippen LogP contribution in [0.15, 0.2) is 6.20 Å². The number of thiophene rings is 1. The maximum atomic E-state index is 13.0. The summed E-state index contributed by atoms with van der Waals surface area (Å²) in [5.41, 5.74) is 7.65. The first-order valence-corrected chi connectivity index (χ1v) is 10.8. The third-order valence-electron chi connectivity index (χ3n) is 5.84. The fourth-order valence-electron chi connectivity index (χ4n) is 3.84. The highest BCUT2D eigenvalue weighted by atomic mass is 32.1. The van der Waals surface area contributed by atoms with Gasteiger partial charge in [-0.15, -0.1) is 16.4 Å². The van der Waals surface area contributed by atoms with E-state index >= 15 is 0 Å². The number of nitrogens with zero attached hydrogens (tertiary/aromatic N) is 3. The van der Waals surface area contributed by atoms with Crippen LogP contribution in [-0.4, -0.2) is 33.4 Å². The van der Waals surface area contributed by atoms with Gasteiger partial charge in [0.1, 0.15) is 10.8 Å². The number of carbonyl (C=O) groups excluding carboxylic acids is 2. The maximum Gasteiger partial charge on any atom is 0.254 e. The number of nitrogens with two attached hydrogens (primary N) is 1. The molecule has 9 heteroatoms. The van der Waals surface area contributed by atoms with Gasteiger partial charge in [-0.2, -0.15) is 0 Å². The molecule has 0 aromatic carbocycles. The van der Waals surface area contributed by atoms with Gasteiger partial charge in [0.2, 0.25) is 5.91 Å². The zero-order valence-electron chi connectivity index (χ0n) is 15.6. The zero-order valence-corrected chi connectivity index (χ0v) is 16.4. The van der Waals surface area contributed by atoms with Crippen LogP contribution in [0, 0.1) is 11.8 Å². The average molecular weight is 403 g/mol. The van der Waals surface area contributed by atoms with Gasteiger partial charge in [-0.1, -0.05) is 5.21 Å². The Morgan fingerprint density at radius 3 is 2.79 bits per heavy atom. The molecule has 5 rings (SSSR count). The van der Waals surface area contributed by atoms with Gasteiger partial charge in [0.05, 0.1) is 17.8 Å². The Kier molecular flexibility index (Phi) is 4.34. The number of nitrogen functional groups attached to an aromatic ring is 1. The summed E-state index contributed by atoms with van der Waals surface area (Å²) >= 11 is 1.55. The summed E-state index contributed by atoms with van der Waals surface area (Å²) < 4.78 is 1.74. The summed E-state index contributed by atoms with van der Waals surface area (Å²) in [5.74, 6) is 1.19. The number of hydrogen-bond donors (Lipinski definition) is 3. The van der Waals surface area contributed by atoms with Gasteiger partial charge in [-0.05, 0) is 56.4 Å². The van der Waals surface area contributed by atoms with E-state index in [1.807, 2.05) is 0 Å². The topological polar surface area (TPSA) is 115 Å². The van der Waals surface area contributed by atoms with Crippen molar-refractivity contribution in [3.63, 3.8) is 0 Å². The Hall–Kier alpha value is -2.42. The molecule has 0 saturated heterocycles. The van der Waals surface area contributed by atoms with Crippen molar-refractivity contribution in [2.45, 2.75) is 51.0 Å². The van der Waals surface area contributed by atoms with Gasteiger partial charge in [-0.25, -0.2) is 4.68 Å². The second kappa shape index (κ2) is 6.88. The number of aromatic nitrogens is 3. The van der Waals surface area contributed by atoms with Crippen molar-refractivity contribution in [2.75, 3.05) is 17.6 Å². The standard InChI is InChI=1S/C19H24N6O2S.H2/c20-15-9-22-24-25(15)12-5-6-14-13(7-12)16(18(27)21-8-10-1-2-10)19(28-14)23-17(26)11-3-4-11;/h9-12H,1-8,20H2,(H,21,27)(H,23,26);1H. The van der Waals surface area contributed by atoms with E-state index in [-0.39, 0.29) is 25.2 Å². The summed E-state index contributed by atoms with van der Waals surface area (Å²) in [5, 5.41) is 14.8. The van der Waals surface area contributed by atoms with Crippen molar-refractivity contribution in [1.29, 1.82) is 0 Å². The van der Waals surface area contributed by atoms with Gasteiger partial charge >= 0.3 is 0 Å². The highest BCUT2D eigenvalue weighted by Gasteiger charge is 2.35. The van der Waals surface area contributed by atoms with E-state index in [0.29, 0.717) is 35.3 Å². The zero-order chi connectivity index (χ0) is 19.3. The fraction of sp³-hybridized carbons (Fsp3) is 0.579. The Balaban J connectivity index is 0.00000205. The highest BCUT2D eigenvalue weighted by molar-refractivity contribution is 7.17. The van der Waals surface area contributed by atoms with Crippen LogP contribution in [0.3, 0.4) is 0 Å². The van der Waals surface area contributed by atoms with E-state index in [0.717, 1.165) is 31.2 Å². The van der Waals surface area contributed by atoms with Gasteiger partial charge in [0, 0.05) is 18.8 Å². The van der Waals surface area contributed by atoms with E-state index in [4.69, 9.17) is 5.73 Å². The molecule has 2 amide bonds. The SMILES string of the molecule is Nc1cnnn1C1CCc2sc(NC(=O)C3CC3)c(C(=O)NCC3CC3)c2C1.[HH]. The minimum Gasteiger partial charge on any atom is -0.383 e. The first-order chi connectivity index (χ1) is 13.6. The number of amides is 2. The number of hydrogen-bond acceptors (Lipinski definition) is 6. The lowest BCUT2D eigenvalue weighted by Crippen LogP contribution is -2.29. The minimum absolute atomic E-state index is 0. The molecule has 1 unspecified atom stereocenters. The summed E-state index contributed by atoms with van der Waals surface area (Å²) in [6.45, 7) is 0.707. The molecule has 2 aromatic heterocycles. The first-order valence-electron chi connectivity index (χ1n) is 9.99. The van der Waals surface area contributed by atoms with Crippen molar-refractivity contribution < 1.29 is 11.0 Å². The van der Waals surface area contributed by atoms with Gasteiger partial charge < -0.3 is 16.4 Å². The van der Waals surface area contributed by atoms with Crippen molar-refractivity contribution in [1.82, 2.24) is 20.3 Å². The van der Waals surface area contributed by atoms with E-state index < -0.39 is 0 Å². The molecule has 2 heterocycles. The predicted octanol–water partition coefficient (Wildman–Crippen LogP) is 2.39. The van der Waals surface area contributed by atoms with E-state index in [1.54, 1.807) is 22.2 Å². The van der Waals surface area contributed by atoms with Gasteiger partial charge in [0.15, 0.2) is 0 Å². The van der Waals surface area contributed by atoms with E-state index in [9.17, 15) is 9.59 Å². The number of carbonyl (C=O) groups is 2. The Morgan fingerprint density at radius 2 is 2.11 bits per heavy atom. The number of rotatable bonds is 6. The van der Waals surface area contributed by atoms with Crippen molar-refractivity contribution in [3.05, 3.63) is 22.2 Å². The van der Waals surface area contributed by atoms with Crippen LogP contribution in [0.5, 0.6) is 0 Å². The second-order valence-electron chi connectivity index (χ2n) is 8.12. The summed E-state index contributed by atoms with van der Waals surface area (Å²) in [7, 11) is 0. The summed E-state index contributed by atoms with van der Waals surface area (Å²) in [6.07, 6.45) is 8.19. The lowest BCUT2D eigenvalue weighted by atomic mass is 9.91. The van der Waals surface area contributed by atoms with Crippen LogP contribution < -0.4 is 16.4 Å². The second-order valence-corrected chi connectivity index (χ2v) is 9.23. The molecule has 1 atom stereocenters. The largest absolute Gasteiger partial charge is 0.383 e. The molecular weight excluding hydrogens is 376 g/mol. The van der Waals surface area contributed by atoms with Crippen LogP contribution in [0.4, 0.5) is 10.8 Å². The molecule has 0 bridgehead atoms. The molecule has 2 aromatic rings. The molecule has 0 radical (unpaired) electrons. The van der Waals surface area contributed by atoms with Crippen molar-refractivity contribution in [3.8, 4) is 0 Å². The molecule has 8 nitrogen and oxygen atoms in total. The van der Waals surface area contributed by atoms with Crippen LogP contribution in [-0.2, 0) is 17.6 Å². The maximum absolute atomic E-state index is 13.0. The Morgan fingerprint density at radius 1 is 1.29 bits per heavy atom. The van der Waals surface area contributed by atoms with Gasteiger partial charge in [0.25, 0.3) is 5.91 Å². The monoisotopic (exact) mass is 402 g/mol. The van der Waals surface area contributed by atoms with E-state index in [1.165, 1.54) is 17.7 Å². The highest BCUT2D eigenvalue weighted by Crippen LogP contribution is 2.42. The Labute approximate surface area is 168 Å². The molecule has 150 valence electrons. The molecular formula is C19H26N6O2S. The molecule has 28 heavy (non-hydrogen) atoms. The number of anilines is 2. The summed E-state index contributed by atoms with van der Waals surface area (Å²) in [4.78, 5) is 26.6. The summed E-state index contributed by atoms with van der Waals surface area (Å²) in [6, 6.07) is 0.0755. The van der Waals surface area contributed by atoms with Crippen LogP contribution >= 0.6 is 11.3 Å². The predicted molar refractivity (Wildman–Crippen MR) is 108 cm³/mol. The van der Waals surface area contributed by atoms with Crippen LogP contribution in [0.2, 0.25) is 0 Å². The molecule has 2 saturated carbocycles. The third-order valence-corrected chi connectivity index (χ3v) is 7.05. The number of nitrogens with one attached hydrogen (secondary N) is 2. The van der Waals surface area contributed by atoms with Gasteiger partial charge in [-0.3, -0.25) is 9.59 Å². The molecule has 0 spiro atoms. The number of aryl methyl sites for hydroxylation is 1.